The minimum absolute atomic E-state index is 0.0867. The van der Waals surface area contributed by atoms with Crippen LogP contribution in [0.15, 0.2) is 33.7 Å². The summed E-state index contributed by atoms with van der Waals surface area (Å²) in [5, 5.41) is 16.2. The van der Waals surface area contributed by atoms with Gasteiger partial charge in [-0.05, 0) is 38.8 Å². The number of benzene rings is 1. The molecule has 0 aliphatic heterocycles. The second-order valence-corrected chi connectivity index (χ2v) is 10.6. The fourth-order valence-electron chi connectivity index (χ4n) is 3.66. The van der Waals surface area contributed by atoms with Gasteiger partial charge in [-0.2, -0.15) is 0 Å². The Balaban J connectivity index is 1.85. The van der Waals surface area contributed by atoms with Crippen LogP contribution in [0.5, 0.6) is 0 Å². The molecule has 30 heavy (non-hydrogen) atoms. The van der Waals surface area contributed by atoms with Gasteiger partial charge in [-0.15, -0.1) is 0 Å². The summed E-state index contributed by atoms with van der Waals surface area (Å²) in [7, 11) is -4.57. The second kappa shape index (κ2) is 8.07. The maximum Gasteiger partial charge on any atom is 0.248 e. The predicted molar refractivity (Wildman–Crippen MR) is 105 cm³/mol. The lowest BCUT2D eigenvalue weighted by molar-refractivity contribution is -0.118. The van der Waals surface area contributed by atoms with E-state index in [0.29, 0.717) is 5.69 Å². The van der Waals surface area contributed by atoms with Crippen LogP contribution < -0.4 is 5.32 Å². The van der Waals surface area contributed by atoms with E-state index in [0.717, 1.165) is 64.2 Å². The van der Waals surface area contributed by atoms with Crippen LogP contribution in [-0.2, 0) is 20.0 Å². The third-order valence-electron chi connectivity index (χ3n) is 5.83. The summed E-state index contributed by atoms with van der Waals surface area (Å²) in [6, 6.07) is 4.22. The maximum absolute atomic E-state index is 14.1. The molecule has 0 radical (unpaired) electrons. The van der Waals surface area contributed by atoms with Crippen molar-refractivity contribution in [2.45, 2.75) is 61.0 Å². The van der Waals surface area contributed by atoms with E-state index in [1.54, 1.807) is 0 Å². The Morgan fingerprint density at radius 1 is 1.27 bits per heavy atom. The first-order valence-electron chi connectivity index (χ1n) is 9.63. The monoisotopic (exact) mass is 442 g/mol. The van der Waals surface area contributed by atoms with E-state index in [1.165, 1.54) is 6.07 Å². The molecule has 0 bridgehead atoms. The highest BCUT2D eigenvalue weighted by Gasteiger charge is 2.45. The molecule has 0 saturated heterocycles. The number of aliphatic hydroxyl groups is 1. The van der Waals surface area contributed by atoms with Gasteiger partial charge in [0.2, 0.25) is 11.8 Å². The first-order valence-corrected chi connectivity index (χ1v) is 11.1. The third-order valence-corrected chi connectivity index (χ3v) is 8.25. The molecule has 0 unspecified atom stereocenters. The molecule has 7 nitrogen and oxygen atoms in total. The van der Waals surface area contributed by atoms with Gasteiger partial charge in [0.1, 0.15) is 9.64 Å². The van der Waals surface area contributed by atoms with Crippen molar-refractivity contribution in [1.29, 1.82) is 0 Å². The Morgan fingerprint density at radius 3 is 2.57 bits per heavy atom. The number of amides is 1. The Morgan fingerprint density at radius 2 is 1.93 bits per heavy atom. The number of hydrogen-bond acceptors (Lipinski definition) is 6. The van der Waals surface area contributed by atoms with Crippen molar-refractivity contribution in [3.05, 3.63) is 41.6 Å². The van der Waals surface area contributed by atoms with Crippen LogP contribution in [-0.4, -0.2) is 35.9 Å². The summed E-state index contributed by atoms with van der Waals surface area (Å²) < 4.78 is 56.3. The van der Waals surface area contributed by atoms with Gasteiger partial charge in [0.15, 0.2) is 21.5 Å². The van der Waals surface area contributed by atoms with Crippen LogP contribution in [0.4, 0.5) is 14.7 Å². The SMILES string of the molecule is CC(C)(C(=O)Nc1cc(C2(CO)CCCCC2)no1)S(=O)(=O)c1cccc(F)c1F. The fraction of sp³-hybridized carbons (Fsp3) is 0.500. The van der Waals surface area contributed by atoms with Gasteiger partial charge in [-0.1, -0.05) is 30.5 Å². The Bertz CT molecular complexity index is 1040. The van der Waals surface area contributed by atoms with E-state index >= 15 is 0 Å². The quantitative estimate of drug-likeness (QED) is 0.710. The number of nitrogens with zero attached hydrogens (tertiary/aromatic N) is 1. The summed E-state index contributed by atoms with van der Waals surface area (Å²) in [4.78, 5) is 11.8. The number of carbonyl (C=O) groups excluding carboxylic acids is 1. The van der Waals surface area contributed by atoms with Gasteiger partial charge in [0.25, 0.3) is 0 Å². The van der Waals surface area contributed by atoms with Gasteiger partial charge in [-0.25, -0.2) is 17.2 Å². The molecule has 2 N–H and O–H groups in total. The van der Waals surface area contributed by atoms with Gasteiger partial charge >= 0.3 is 0 Å². The molecule has 1 amide bonds. The number of rotatable bonds is 6. The molecule has 3 rings (SSSR count). The lowest BCUT2D eigenvalue weighted by Gasteiger charge is -2.33. The lowest BCUT2D eigenvalue weighted by Crippen LogP contribution is -2.44. The number of aromatic nitrogens is 1. The first kappa shape index (κ1) is 22.4. The van der Waals surface area contributed by atoms with Gasteiger partial charge in [-0.3, -0.25) is 10.1 Å². The number of aliphatic hydroxyl groups excluding tert-OH is 1. The number of carbonyl (C=O) groups is 1. The zero-order valence-corrected chi connectivity index (χ0v) is 17.6. The van der Waals surface area contributed by atoms with Crippen molar-refractivity contribution >= 4 is 21.6 Å². The van der Waals surface area contributed by atoms with Crippen LogP contribution in [0.1, 0.15) is 51.6 Å². The Labute approximate surface area is 173 Å². The number of hydrogen-bond donors (Lipinski definition) is 2. The molecule has 1 aliphatic rings. The molecule has 1 saturated carbocycles. The summed E-state index contributed by atoms with van der Waals surface area (Å²) in [6.07, 6.45) is 4.37. The van der Waals surface area contributed by atoms with Crippen LogP contribution in [0.25, 0.3) is 0 Å². The minimum atomic E-state index is -4.57. The number of anilines is 1. The van der Waals surface area contributed by atoms with E-state index in [1.807, 2.05) is 0 Å². The van der Waals surface area contributed by atoms with Crippen molar-refractivity contribution in [1.82, 2.24) is 5.16 Å². The van der Waals surface area contributed by atoms with Crippen LogP contribution in [0.3, 0.4) is 0 Å². The maximum atomic E-state index is 14.1. The minimum Gasteiger partial charge on any atom is -0.395 e. The number of sulfone groups is 1. The molecule has 1 aromatic heterocycles. The molecule has 164 valence electrons. The molecular formula is C20H24F2N2O5S. The average molecular weight is 442 g/mol. The highest BCUT2D eigenvalue weighted by atomic mass is 32.2. The van der Waals surface area contributed by atoms with Crippen LogP contribution in [0.2, 0.25) is 0 Å². The van der Waals surface area contributed by atoms with Crippen LogP contribution in [0, 0.1) is 11.6 Å². The first-order chi connectivity index (χ1) is 14.0. The van der Waals surface area contributed by atoms with Crippen molar-refractivity contribution < 1.29 is 31.6 Å². The Kier molecular flexibility index (Phi) is 6.01. The standard InChI is InChI=1S/C20H24F2N2O5S/c1-19(2,30(27,28)14-8-6-7-13(21)17(14)22)18(26)23-16-11-15(24-29-16)20(12-25)9-4-3-5-10-20/h6-8,11,25H,3-5,9-10,12H2,1-2H3,(H,23,26). The second-order valence-electron chi connectivity index (χ2n) is 8.10. The zero-order chi connectivity index (χ0) is 22.2. The predicted octanol–water partition coefficient (Wildman–Crippen LogP) is 3.34. The van der Waals surface area contributed by atoms with Crippen molar-refractivity contribution in [2.24, 2.45) is 0 Å². The lowest BCUT2D eigenvalue weighted by atomic mass is 9.72. The van der Waals surface area contributed by atoms with Gasteiger partial charge < -0.3 is 9.63 Å². The molecule has 10 heteroatoms. The highest BCUT2D eigenvalue weighted by molar-refractivity contribution is 7.93. The van der Waals surface area contributed by atoms with E-state index in [2.05, 4.69) is 10.5 Å². The number of halogens is 2. The molecule has 0 spiro atoms. The summed E-state index contributed by atoms with van der Waals surface area (Å²) in [6.45, 7) is 2.07. The van der Waals surface area contributed by atoms with E-state index in [-0.39, 0.29) is 12.5 Å². The van der Waals surface area contributed by atoms with E-state index in [9.17, 15) is 27.1 Å². The topological polar surface area (TPSA) is 110 Å². The smallest absolute Gasteiger partial charge is 0.248 e. The molecule has 1 aliphatic carbocycles. The van der Waals surface area contributed by atoms with Crippen molar-refractivity contribution in [3.63, 3.8) is 0 Å². The van der Waals surface area contributed by atoms with Crippen molar-refractivity contribution in [2.75, 3.05) is 11.9 Å². The molecule has 1 heterocycles. The Hall–Kier alpha value is -2.33. The molecule has 1 aromatic carbocycles. The molecule has 2 aromatic rings. The van der Waals surface area contributed by atoms with E-state index < -0.39 is 42.4 Å². The van der Waals surface area contributed by atoms with Crippen LogP contribution >= 0.6 is 0 Å². The average Bonchev–Trinajstić information content (AvgIpc) is 3.19. The largest absolute Gasteiger partial charge is 0.395 e. The normalized spacial score (nSPS) is 17.0. The van der Waals surface area contributed by atoms with Gasteiger partial charge in [0.05, 0.1) is 12.3 Å². The highest BCUT2D eigenvalue weighted by Crippen LogP contribution is 2.39. The molecular weight excluding hydrogens is 418 g/mol. The summed E-state index contributed by atoms with van der Waals surface area (Å²) >= 11 is 0. The molecule has 0 atom stereocenters. The summed E-state index contributed by atoms with van der Waals surface area (Å²) in [5.41, 5.74) is -0.0753. The van der Waals surface area contributed by atoms with Crippen molar-refractivity contribution in [3.8, 4) is 0 Å². The van der Waals surface area contributed by atoms with Gasteiger partial charge in [0, 0.05) is 11.5 Å². The summed E-state index contributed by atoms with van der Waals surface area (Å²) in [5.74, 6) is -3.94. The fourth-order valence-corrected chi connectivity index (χ4v) is 5.09. The number of nitrogens with one attached hydrogen (secondary N) is 1. The van der Waals surface area contributed by atoms with E-state index in [4.69, 9.17) is 4.52 Å². The molecule has 1 fully saturated rings. The zero-order valence-electron chi connectivity index (χ0n) is 16.7. The third kappa shape index (κ3) is 3.74.